The Balaban J connectivity index is 4.53. The molecule has 0 aliphatic carbocycles. The van der Waals surface area contributed by atoms with Gasteiger partial charge in [-0.05, 0) is 11.8 Å². The first-order valence-electron chi connectivity index (χ1n) is 6.43. The minimum Gasteiger partial charge on any atom is -0.481 e. The molecule has 0 saturated carbocycles. The molecule has 0 aromatic rings. The van der Waals surface area contributed by atoms with Crippen LogP contribution in [-0.4, -0.2) is 23.0 Å². The zero-order chi connectivity index (χ0) is 13.4. The lowest BCUT2D eigenvalue weighted by Gasteiger charge is -2.28. The number of amides is 1. The third-order valence-corrected chi connectivity index (χ3v) is 3.34. The highest BCUT2D eigenvalue weighted by molar-refractivity contribution is 5.77. The van der Waals surface area contributed by atoms with Gasteiger partial charge in [-0.25, -0.2) is 0 Å². The second kappa shape index (κ2) is 8.09. The van der Waals surface area contributed by atoms with E-state index in [0.717, 1.165) is 12.8 Å². The van der Waals surface area contributed by atoms with Gasteiger partial charge < -0.3 is 10.4 Å². The third-order valence-electron chi connectivity index (χ3n) is 3.34. The van der Waals surface area contributed by atoms with Crippen LogP contribution in [0, 0.1) is 11.8 Å². The van der Waals surface area contributed by atoms with Crippen molar-refractivity contribution >= 4 is 11.9 Å². The lowest BCUT2D eigenvalue weighted by molar-refractivity contribution is -0.138. The zero-order valence-corrected chi connectivity index (χ0v) is 11.3. The molecule has 2 N–H and O–H groups in total. The number of carboxylic acids is 1. The fourth-order valence-electron chi connectivity index (χ4n) is 1.98. The normalized spacial score (nSPS) is 16.0. The van der Waals surface area contributed by atoms with Crippen molar-refractivity contribution in [3.05, 3.63) is 0 Å². The maximum atomic E-state index is 11.4. The number of aliphatic carboxylic acids is 1. The number of hydrogen-bond donors (Lipinski definition) is 2. The van der Waals surface area contributed by atoms with Gasteiger partial charge in [0.15, 0.2) is 0 Å². The fraction of sp³-hybridized carbons (Fsp3) is 0.846. The predicted octanol–water partition coefficient (Wildman–Crippen LogP) is 2.43. The van der Waals surface area contributed by atoms with E-state index in [1.165, 1.54) is 0 Å². The van der Waals surface area contributed by atoms with Crippen molar-refractivity contribution in [2.45, 2.75) is 59.4 Å². The molecule has 17 heavy (non-hydrogen) atoms. The van der Waals surface area contributed by atoms with Gasteiger partial charge in [-0.3, -0.25) is 9.59 Å². The molecule has 0 bridgehead atoms. The molecule has 0 aliphatic rings. The summed E-state index contributed by atoms with van der Waals surface area (Å²) in [5, 5.41) is 11.7. The Bertz CT molecular complexity index is 253. The summed E-state index contributed by atoms with van der Waals surface area (Å²) in [5.41, 5.74) is 0. The highest BCUT2D eigenvalue weighted by Crippen LogP contribution is 2.22. The van der Waals surface area contributed by atoms with Crippen molar-refractivity contribution in [1.29, 1.82) is 0 Å². The van der Waals surface area contributed by atoms with E-state index in [4.69, 9.17) is 5.11 Å². The standard InChI is InChI=1S/C13H25NO3/c1-5-7-9(3)10(4)11(8-13(16)17)14-12(15)6-2/h9-11H,5-8H2,1-4H3,(H,14,15)(H,16,17). The maximum Gasteiger partial charge on any atom is 0.305 e. The number of carboxylic acid groups (broad SMARTS) is 1. The van der Waals surface area contributed by atoms with Gasteiger partial charge in [-0.15, -0.1) is 0 Å². The molecule has 4 heteroatoms. The fourth-order valence-corrected chi connectivity index (χ4v) is 1.98. The van der Waals surface area contributed by atoms with Crippen molar-refractivity contribution < 1.29 is 14.7 Å². The summed E-state index contributed by atoms with van der Waals surface area (Å²) in [6.07, 6.45) is 2.53. The van der Waals surface area contributed by atoms with Crippen molar-refractivity contribution in [3.8, 4) is 0 Å². The van der Waals surface area contributed by atoms with E-state index in [-0.39, 0.29) is 24.3 Å². The lowest BCUT2D eigenvalue weighted by Crippen LogP contribution is -2.42. The molecule has 3 atom stereocenters. The Kier molecular flexibility index (Phi) is 7.59. The predicted molar refractivity (Wildman–Crippen MR) is 67.7 cm³/mol. The van der Waals surface area contributed by atoms with E-state index in [9.17, 15) is 9.59 Å². The lowest BCUT2D eigenvalue weighted by atomic mass is 9.84. The average molecular weight is 243 g/mol. The molecule has 0 spiro atoms. The topological polar surface area (TPSA) is 66.4 Å². The molecule has 3 unspecified atom stereocenters. The summed E-state index contributed by atoms with van der Waals surface area (Å²) in [6.45, 7) is 8.01. The van der Waals surface area contributed by atoms with E-state index < -0.39 is 5.97 Å². The second-order valence-electron chi connectivity index (χ2n) is 4.75. The monoisotopic (exact) mass is 243 g/mol. The second-order valence-corrected chi connectivity index (χ2v) is 4.75. The van der Waals surface area contributed by atoms with Gasteiger partial charge in [0.05, 0.1) is 6.42 Å². The van der Waals surface area contributed by atoms with Gasteiger partial charge in [-0.1, -0.05) is 40.5 Å². The molecule has 0 saturated heterocycles. The summed E-state index contributed by atoms with van der Waals surface area (Å²) in [6, 6.07) is -0.263. The molecule has 0 aliphatic heterocycles. The van der Waals surface area contributed by atoms with Crippen LogP contribution < -0.4 is 5.32 Å². The molecule has 1 amide bonds. The van der Waals surface area contributed by atoms with E-state index in [2.05, 4.69) is 19.2 Å². The van der Waals surface area contributed by atoms with Crippen LogP contribution in [0.15, 0.2) is 0 Å². The quantitative estimate of drug-likeness (QED) is 0.688. The zero-order valence-electron chi connectivity index (χ0n) is 11.3. The first-order valence-corrected chi connectivity index (χ1v) is 6.43. The first-order chi connectivity index (χ1) is 7.92. The smallest absolute Gasteiger partial charge is 0.305 e. The van der Waals surface area contributed by atoms with Crippen LogP contribution in [0.5, 0.6) is 0 Å². The van der Waals surface area contributed by atoms with Crippen LogP contribution in [-0.2, 0) is 9.59 Å². The molecule has 0 fully saturated rings. The Morgan fingerprint density at radius 2 is 1.82 bits per heavy atom. The van der Waals surface area contributed by atoms with Crippen LogP contribution >= 0.6 is 0 Å². The number of nitrogens with one attached hydrogen (secondary N) is 1. The largest absolute Gasteiger partial charge is 0.481 e. The molecule has 0 rings (SSSR count). The van der Waals surface area contributed by atoms with Crippen molar-refractivity contribution in [3.63, 3.8) is 0 Å². The molecule has 0 heterocycles. The summed E-state index contributed by atoms with van der Waals surface area (Å²) in [5.74, 6) is -0.336. The number of rotatable bonds is 8. The number of hydrogen-bond acceptors (Lipinski definition) is 2. The van der Waals surface area contributed by atoms with Crippen LogP contribution in [0.25, 0.3) is 0 Å². The van der Waals surface area contributed by atoms with Gasteiger partial charge in [0.2, 0.25) is 5.91 Å². The van der Waals surface area contributed by atoms with Gasteiger partial charge >= 0.3 is 5.97 Å². The summed E-state index contributed by atoms with van der Waals surface area (Å²) < 4.78 is 0. The SMILES string of the molecule is CCCC(C)C(C)C(CC(=O)O)NC(=O)CC. The van der Waals surface area contributed by atoms with Gasteiger partial charge in [-0.2, -0.15) is 0 Å². The average Bonchev–Trinajstić information content (AvgIpc) is 2.26. The molecule has 100 valence electrons. The van der Waals surface area contributed by atoms with Crippen LogP contribution in [0.3, 0.4) is 0 Å². The Morgan fingerprint density at radius 3 is 2.24 bits per heavy atom. The Morgan fingerprint density at radius 1 is 1.24 bits per heavy atom. The molecular formula is C13H25NO3. The van der Waals surface area contributed by atoms with Gasteiger partial charge in [0.25, 0.3) is 0 Å². The van der Waals surface area contributed by atoms with Crippen molar-refractivity contribution in [1.82, 2.24) is 5.32 Å². The van der Waals surface area contributed by atoms with E-state index in [1.54, 1.807) is 6.92 Å². The van der Waals surface area contributed by atoms with Crippen LogP contribution in [0.2, 0.25) is 0 Å². The third kappa shape index (κ3) is 6.29. The minimum atomic E-state index is -0.859. The first kappa shape index (κ1) is 15.9. The summed E-state index contributed by atoms with van der Waals surface area (Å²) in [4.78, 5) is 22.2. The van der Waals surface area contributed by atoms with Crippen molar-refractivity contribution in [2.24, 2.45) is 11.8 Å². The van der Waals surface area contributed by atoms with E-state index >= 15 is 0 Å². The van der Waals surface area contributed by atoms with E-state index in [1.807, 2.05) is 6.92 Å². The van der Waals surface area contributed by atoms with Crippen LogP contribution in [0.4, 0.5) is 0 Å². The summed E-state index contributed by atoms with van der Waals surface area (Å²) in [7, 11) is 0. The highest BCUT2D eigenvalue weighted by Gasteiger charge is 2.25. The Hall–Kier alpha value is -1.06. The number of carbonyl (C=O) groups excluding carboxylic acids is 1. The minimum absolute atomic E-state index is 0.000953. The molecular weight excluding hydrogens is 218 g/mol. The number of carbonyl (C=O) groups is 2. The molecule has 4 nitrogen and oxygen atoms in total. The van der Waals surface area contributed by atoms with Crippen molar-refractivity contribution in [2.75, 3.05) is 0 Å². The maximum absolute atomic E-state index is 11.4. The molecule has 0 radical (unpaired) electrons. The Labute approximate surface area is 104 Å². The molecule has 0 aromatic heterocycles. The highest BCUT2D eigenvalue weighted by atomic mass is 16.4. The van der Waals surface area contributed by atoms with E-state index in [0.29, 0.717) is 12.3 Å². The van der Waals surface area contributed by atoms with Crippen LogP contribution in [0.1, 0.15) is 53.4 Å². The van der Waals surface area contributed by atoms with Gasteiger partial charge in [0, 0.05) is 12.5 Å². The summed E-state index contributed by atoms with van der Waals surface area (Å²) >= 11 is 0. The molecule has 0 aromatic carbocycles. The van der Waals surface area contributed by atoms with Gasteiger partial charge in [0.1, 0.15) is 0 Å².